The van der Waals surface area contributed by atoms with Crippen LogP contribution in [-0.4, -0.2) is 25.2 Å². The van der Waals surface area contributed by atoms with E-state index in [-0.39, 0.29) is 6.03 Å². The Morgan fingerprint density at radius 2 is 1.77 bits per heavy atom. The molecule has 2 aromatic rings. The summed E-state index contributed by atoms with van der Waals surface area (Å²) in [5.41, 5.74) is 1.84. The molecule has 0 bridgehead atoms. The highest BCUT2D eigenvalue weighted by Crippen LogP contribution is 2.30. The quantitative estimate of drug-likeness (QED) is 0.857. The van der Waals surface area contributed by atoms with Gasteiger partial charge < -0.3 is 20.1 Å². The molecular formula is C16H19N3O3. The third-order valence-electron chi connectivity index (χ3n) is 3.13. The van der Waals surface area contributed by atoms with Crippen molar-refractivity contribution in [2.45, 2.75) is 13.1 Å². The zero-order chi connectivity index (χ0) is 15.8. The number of para-hydroxylation sites is 1. The Morgan fingerprint density at radius 1 is 1.05 bits per heavy atom. The molecular weight excluding hydrogens is 282 g/mol. The minimum Gasteiger partial charge on any atom is -0.493 e. The van der Waals surface area contributed by atoms with Gasteiger partial charge in [-0.15, -0.1) is 0 Å². The number of rotatable bonds is 6. The number of pyridine rings is 1. The summed E-state index contributed by atoms with van der Waals surface area (Å²) in [5, 5.41) is 5.58. The van der Waals surface area contributed by atoms with Gasteiger partial charge in [-0.1, -0.05) is 12.1 Å². The molecule has 2 N–H and O–H groups in total. The van der Waals surface area contributed by atoms with E-state index in [4.69, 9.17) is 9.47 Å². The van der Waals surface area contributed by atoms with Crippen LogP contribution in [0.4, 0.5) is 4.79 Å². The Morgan fingerprint density at radius 3 is 2.45 bits per heavy atom. The van der Waals surface area contributed by atoms with E-state index in [0.29, 0.717) is 24.6 Å². The standard InChI is InChI=1S/C16H19N3O3/c1-21-14-5-3-4-13(15(14)22-2)11-19-16(20)18-10-12-6-8-17-9-7-12/h3-9H,10-11H2,1-2H3,(H2,18,19,20). The first-order chi connectivity index (χ1) is 10.7. The smallest absolute Gasteiger partial charge is 0.315 e. The van der Waals surface area contributed by atoms with Crippen LogP contribution in [0.25, 0.3) is 0 Å². The third-order valence-corrected chi connectivity index (χ3v) is 3.13. The molecule has 1 aromatic carbocycles. The Labute approximate surface area is 129 Å². The number of benzene rings is 1. The number of aromatic nitrogens is 1. The molecule has 0 saturated carbocycles. The summed E-state index contributed by atoms with van der Waals surface area (Å²) in [6.07, 6.45) is 3.38. The normalized spacial score (nSPS) is 9.91. The number of ether oxygens (including phenoxy) is 2. The van der Waals surface area contributed by atoms with Crippen LogP contribution in [0.1, 0.15) is 11.1 Å². The van der Waals surface area contributed by atoms with Gasteiger partial charge in [0.1, 0.15) is 0 Å². The van der Waals surface area contributed by atoms with Crippen molar-refractivity contribution < 1.29 is 14.3 Å². The van der Waals surface area contributed by atoms with Crippen LogP contribution in [0.3, 0.4) is 0 Å². The van der Waals surface area contributed by atoms with E-state index in [2.05, 4.69) is 15.6 Å². The second-order valence-electron chi connectivity index (χ2n) is 4.54. The van der Waals surface area contributed by atoms with Crippen molar-refractivity contribution in [1.82, 2.24) is 15.6 Å². The molecule has 1 heterocycles. The minimum atomic E-state index is -0.248. The van der Waals surface area contributed by atoms with E-state index < -0.39 is 0 Å². The number of nitrogens with zero attached hydrogens (tertiary/aromatic N) is 1. The SMILES string of the molecule is COc1cccc(CNC(=O)NCc2ccncc2)c1OC. The number of urea groups is 1. The number of carbonyl (C=O) groups is 1. The van der Waals surface area contributed by atoms with Crippen LogP contribution < -0.4 is 20.1 Å². The van der Waals surface area contributed by atoms with Crippen molar-refractivity contribution in [3.63, 3.8) is 0 Å². The molecule has 0 saturated heterocycles. The van der Waals surface area contributed by atoms with Gasteiger partial charge in [0.25, 0.3) is 0 Å². The van der Waals surface area contributed by atoms with Crippen molar-refractivity contribution in [2.24, 2.45) is 0 Å². The van der Waals surface area contributed by atoms with Crippen molar-refractivity contribution in [3.05, 3.63) is 53.9 Å². The fourth-order valence-corrected chi connectivity index (χ4v) is 2.01. The van der Waals surface area contributed by atoms with Gasteiger partial charge in [-0.05, 0) is 23.8 Å². The lowest BCUT2D eigenvalue weighted by atomic mass is 10.2. The topological polar surface area (TPSA) is 72.5 Å². The molecule has 0 aliphatic heterocycles. The minimum absolute atomic E-state index is 0.248. The number of methoxy groups -OCH3 is 2. The molecule has 0 fully saturated rings. The highest BCUT2D eigenvalue weighted by atomic mass is 16.5. The molecule has 6 nitrogen and oxygen atoms in total. The second kappa shape index (κ2) is 7.87. The van der Waals surface area contributed by atoms with E-state index in [9.17, 15) is 4.79 Å². The van der Waals surface area contributed by atoms with Crippen LogP contribution in [0.15, 0.2) is 42.7 Å². The average Bonchev–Trinajstić information content (AvgIpc) is 2.58. The maximum Gasteiger partial charge on any atom is 0.315 e. The van der Waals surface area contributed by atoms with E-state index in [1.165, 1.54) is 0 Å². The molecule has 0 atom stereocenters. The lowest BCUT2D eigenvalue weighted by Gasteiger charge is -2.13. The molecule has 0 aliphatic rings. The van der Waals surface area contributed by atoms with Gasteiger partial charge in [0, 0.05) is 31.0 Å². The maximum atomic E-state index is 11.8. The molecule has 0 aliphatic carbocycles. The molecule has 116 valence electrons. The summed E-state index contributed by atoms with van der Waals surface area (Å²) in [7, 11) is 3.15. The first-order valence-corrected chi connectivity index (χ1v) is 6.85. The van der Waals surface area contributed by atoms with Gasteiger partial charge in [-0.3, -0.25) is 4.98 Å². The summed E-state index contributed by atoms with van der Waals surface area (Å²) >= 11 is 0. The maximum absolute atomic E-state index is 11.8. The zero-order valence-corrected chi connectivity index (χ0v) is 12.6. The van der Waals surface area contributed by atoms with Crippen molar-refractivity contribution in [1.29, 1.82) is 0 Å². The lowest BCUT2D eigenvalue weighted by Crippen LogP contribution is -2.34. The number of nitrogens with one attached hydrogen (secondary N) is 2. The number of hydrogen-bond acceptors (Lipinski definition) is 4. The highest BCUT2D eigenvalue weighted by molar-refractivity contribution is 5.74. The Bertz CT molecular complexity index is 617. The number of carbonyl (C=O) groups excluding carboxylic acids is 1. The lowest BCUT2D eigenvalue weighted by molar-refractivity contribution is 0.240. The van der Waals surface area contributed by atoms with E-state index in [1.54, 1.807) is 26.6 Å². The van der Waals surface area contributed by atoms with E-state index >= 15 is 0 Å². The highest BCUT2D eigenvalue weighted by Gasteiger charge is 2.10. The van der Waals surface area contributed by atoms with Crippen LogP contribution in [0.2, 0.25) is 0 Å². The molecule has 1 aromatic heterocycles. The average molecular weight is 301 g/mol. The van der Waals surface area contributed by atoms with Gasteiger partial charge in [-0.2, -0.15) is 0 Å². The molecule has 2 rings (SSSR count). The van der Waals surface area contributed by atoms with Crippen LogP contribution >= 0.6 is 0 Å². The monoisotopic (exact) mass is 301 g/mol. The summed E-state index contributed by atoms with van der Waals surface area (Å²) in [4.78, 5) is 15.8. The Kier molecular flexibility index (Phi) is 5.59. The molecule has 0 radical (unpaired) electrons. The van der Waals surface area contributed by atoms with E-state index in [1.807, 2.05) is 30.3 Å². The first-order valence-electron chi connectivity index (χ1n) is 6.85. The molecule has 0 spiro atoms. The van der Waals surface area contributed by atoms with Crippen LogP contribution in [0.5, 0.6) is 11.5 Å². The van der Waals surface area contributed by atoms with Gasteiger partial charge in [0.15, 0.2) is 11.5 Å². The molecule has 22 heavy (non-hydrogen) atoms. The Balaban J connectivity index is 1.88. The molecule has 0 unspecified atom stereocenters. The predicted octanol–water partition coefficient (Wildman–Crippen LogP) is 2.10. The zero-order valence-electron chi connectivity index (χ0n) is 12.6. The number of hydrogen-bond donors (Lipinski definition) is 2. The van der Waals surface area contributed by atoms with Crippen molar-refractivity contribution >= 4 is 6.03 Å². The van der Waals surface area contributed by atoms with Gasteiger partial charge in [0.05, 0.1) is 14.2 Å². The van der Waals surface area contributed by atoms with Gasteiger partial charge in [-0.25, -0.2) is 4.79 Å². The second-order valence-corrected chi connectivity index (χ2v) is 4.54. The predicted molar refractivity (Wildman–Crippen MR) is 82.9 cm³/mol. The third kappa shape index (κ3) is 4.12. The summed E-state index contributed by atoms with van der Waals surface area (Å²) in [6, 6.07) is 9.00. The number of amides is 2. The van der Waals surface area contributed by atoms with Crippen LogP contribution in [-0.2, 0) is 13.1 Å². The largest absolute Gasteiger partial charge is 0.493 e. The first kappa shape index (κ1) is 15.6. The van der Waals surface area contributed by atoms with Crippen LogP contribution in [0, 0.1) is 0 Å². The summed E-state index contributed by atoms with van der Waals surface area (Å²) in [5.74, 6) is 1.26. The van der Waals surface area contributed by atoms with E-state index in [0.717, 1.165) is 11.1 Å². The Hall–Kier alpha value is -2.76. The van der Waals surface area contributed by atoms with Crippen molar-refractivity contribution in [3.8, 4) is 11.5 Å². The molecule has 6 heteroatoms. The van der Waals surface area contributed by atoms with Crippen molar-refractivity contribution in [2.75, 3.05) is 14.2 Å². The fourth-order valence-electron chi connectivity index (χ4n) is 2.01. The molecule has 2 amide bonds. The van der Waals surface area contributed by atoms with Gasteiger partial charge in [0.2, 0.25) is 0 Å². The summed E-state index contributed by atoms with van der Waals surface area (Å²) in [6.45, 7) is 0.798. The van der Waals surface area contributed by atoms with Gasteiger partial charge >= 0.3 is 6.03 Å². The summed E-state index contributed by atoms with van der Waals surface area (Å²) < 4.78 is 10.6. The fraction of sp³-hybridized carbons (Fsp3) is 0.250.